The van der Waals surface area contributed by atoms with Gasteiger partial charge in [0, 0.05) is 30.8 Å². The molecule has 0 amide bonds. The molecule has 0 N–H and O–H groups in total. The standard InChI is InChI=1S/C15H18N4O3S/c1-11-5-7-17(8-6-11)10-18-15(23)22-14(16-18)12-3-2-4-13(9-12)19(20)21/h2-4,9,11H,5-8,10H2,1H3. The number of aromatic nitrogens is 2. The molecular formula is C15H18N4O3S. The number of nitro benzene ring substituents is 1. The van der Waals surface area contributed by atoms with E-state index < -0.39 is 4.92 Å². The van der Waals surface area contributed by atoms with Gasteiger partial charge in [-0.1, -0.05) is 13.0 Å². The van der Waals surface area contributed by atoms with Gasteiger partial charge in [0.25, 0.3) is 10.5 Å². The fourth-order valence-electron chi connectivity index (χ4n) is 2.66. The maximum Gasteiger partial charge on any atom is 0.288 e. The molecule has 122 valence electrons. The molecule has 1 fully saturated rings. The van der Waals surface area contributed by atoms with Crippen LogP contribution in [-0.2, 0) is 6.67 Å². The van der Waals surface area contributed by atoms with Crippen molar-refractivity contribution in [3.8, 4) is 11.5 Å². The smallest absolute Gasteiger partial charge is 0.288 e. The molecule has 0 saturated carbocycles. The Hall–Kier alpha value is -2.06. The van der Waals surface area contributed by atoms with Crippen molar-refractivity contribution in [3.05, 3.63) is 39.2 Å². The highest BCUT2D eigenvalue weighted by Gasteiger charge is 2.18. The maximum atomic E-state index is 10.9. The molecule has 2 heterocycles. The van der Waals surface area contributed by atoms with E-state index in [-0.39, 0.29) is 10.5 Å². The molecule has 1 aromatic heterocycles. The van der Waals surface area contributed by atoms with Crippen LogP contribution in [-0.4, -0.2) is 32.7 Å². The van der Waals surface area contributed by atoms with Crippen LogP contribution in [0.15, 0.2) is 28.7 Å². The number of hydrogen-bond donors (Lipinski definition) is 0. The average Bonchev–Trinajstić information content (AvgIpc) is 2.91. The largest absolute Gasteiger partial charge is 0.409 e. The molecule has 0 bridgehead atoms. The molecule has 1 saturated heterocycles. The van der Waals surface area contributed by atoms with Crippen molar-refractivity contribution in [2.75, 3.05) is 13.1 Å². The van der Waals surface area contributed by atoms with Gasteiger partial charge in [-0.05, 0) is 37.0 Å². The summed E-state index contributed by atoms with van der Waals surface area (Å²) < 4.78 is 7.15. The average molecular weight is 334 g/mol. The monoisotopic (exact) mass is 334 g/mol. The van der Waals surface area contributed by atoms with Crippen molar-refractivity contribution < 1.29 is 9.34 Å². The maximum absolute atomic E-state index is 10.9. The second-order valence-corrected chi connectivity index (χ2v) is 6.27. The number of nitrogens with zero attached hydrogens (tertiary/aromatic N) is 4. The van der Waals surface area contributed by atoms with Gasteiger partial charge >= 0.3 is 0 Å². The van der Waals surface area contributed by atoms with Crippen LogP contribution in [0.2, 0.25) is 0 Å². The van der Waals surface area contributed by atoms with E-state index in [1.54, 1.807) is 16.8 Å². The Balaban J connectivity index is 1.79. The Morgan fingerprint density at radius 3 is 2.87 bits per heavy atom. The van der Waals surface area contributed by atoms with Gasteiger partial charge in [0.05, 0.1) is 11.6 Å². The highest BCUT2D eigenvalue weighted by atomic mass is 32.1. The summed E-state index contributed by atoms with van der Waals surface area (Å²) in [4.78, 5) is 13.0. The van der Waals surface area contributed by atoms with Crippen LogP contribution in [0.3, 0.4) is 0 Å². The Bertz CT molecular complexity index is 762. The first-order chi connectivity index (χ1) is 11.0. The second-order valence-electron chi connectivity index (χ2n) is 5.92. The third-order valence-electron chi connectivity index (χ3n) is 4.12. The molecule has 0 atom stereocenters. The van der Waals surface area contributed by atoms with E-state index >= 15 is 0 Å². The molecule has 3 rings (SSSR count). The van der Waals surface area contributed by atoms with Gasteiger partial charge in [-0.2, -0.15) is 0 Å². The van der Waals surface area contributed by atoms with Gasteiger partial charge in [-0.25, -0.2) is 4.68 Å². The minimum Gasteiger partial charge on any atom is -0.409 e. The topological polar surface area (TPSA) is 77.3 Å². The van der Waals surface area contributed by atoms with Crippen molar-refractivity contribution in [1.82, 2.24) is 14.7 Å². The number of benzene rings is 1. The van der Waals surface area contributed by atoms with Crippen molar-refractivity contribution in [2.24, 2.45) is 5.92 Å². The lowest BCUT2D eigenvalue weighted by Crippen LogP contribution is -2.34. The number of rotatable bonds is 4. The Morgan fingerprint density at radius 2 is 2.17 bits per heavy atom. The number of piperidine rings is 1. The van der Waals surface area contributed by atoms with Crippen LogP contribution in [0, 0.1) is 20.9 Å². The summed E-state index contributed by atoms with van der Waals surface area (Å²) >= 11 is 5.22. The molecule has 0 radical (unpaired) electrons. The molecule has 8 heteroatoms. The molecule has 1 aliphatic heterocycles. The van der Waals surface area contributed by atoms with E-state index in [1.807, 2.05) is 0 Å². The van der Waals surface area contributed by atoms with Gasteiger partial charge in [0.15, 0.2) is 0 Å². The van der Waals surface area contributed by atoms with Crippen LogP contribution < -0.4 is 0 Å². The highest BCUT2D eigenvalue weighted by Crippen LogP contribution is 2.23. The highest BCUT2D eigenvalue weighted by molar-refractivity contribution is 7.71. The quantitative estimate of drug-likeness (QED) is 0.484. The fraction of sp³-hybridized carbons (Fsp3) is 0.467. The van der Waals surface area contributed by atoms with Crippen molar-refractivity contribution in [3.63, 3.8) is 0 Å². The van der Waals surface area contributed by atoms with Gasteiger partial charge in [0.2, 0.25) is 5.89 Å². The number of hydrogen-bond acceptors (Lipinski definition) is 6. The van der Waals surface area contributed by atoms with Gasteiger partial charge < -0.3 is 4.42 Å². The van der Waals surface area contributed by atoms with Crippen LogP contribution >= 0.6 is 12.2 Å². The predicted molar refractivity (Wildman–Crippen MR) is 87.4 cm³/mol. The van der Waals surface area contributed by atoms with Crippen molar-refractivity contribution in [2.45, 2.75) is 26.4 Å². The zero-order valence-corrected chi connectivity index (χ0v) is 13.7. The van der Waals surface area contributed by atoms with E-state index in [1.165, 1.54) is 25.0 Å². The molecule has 23 heavy (non-hydrogen) atoms. The molecule has 0 unspecified atom stereocenters. The van der Waals surface area contributed by atoms with E-state index in [9.17, 15) is 10.1 Å². The Kier molecular flexibility index (Phi) is 4.53. The van der Waals surface area contributed by atoms with Crippen molar-refractivity contribution >= 4 is 17.9 Å². The first-order valence-corrected chi connectivity index (χ1v) is 7.99. The predicted octanol–water partition coefficient (Wildman–Crippen LogP) is 3.47. The summed E-state index contributed by atoms with van der Waals surface area (Å²) in [5.41, 5.74) is 0.555. The van der Waals surface area contributed by atoms with E-state index in [2.05, 4.69) is 16.9 Å². The summed E-state index contributed by atoms with van der Waals surface area (Å²) in [6, 6.07) is 6.20. The molecule has 0 spiro atoms. The van der Waals surface area contributed by atoms with Crippen LogP contribution in [0.1, 0.15) is 19.8 Å². The lowest BCUT2D eigenvalue weighted by Gasteiger charge is -2.29. The minimum atomic E-state index is -0.440. The summed E-state index contributed by atoms with van der Waals surface area (Å²) in [7, 11) is 0. The fourth-order valence-corrected chi connectivity index (χ4v) is 2.84. The first-order valence-electron chi connectivity index (χ1n) is 7.58. The first kappa shape index (κ1) is 15.8. The van der Waals surface area contributed by atoms with Crippen LogP contribution in [0.5, 0.6) is 0 Å². The summed E-state index contributed by atoms with van der Waals surface area (Å²) in [6.45, 7) is 4.88. The number of likely N-dealkylation sites (tertiary alicyclic amines) is 1. The Morgan fingerprint density at radius 1 is 1.43 bits per heavy atom. The molecule has 2 aromatic rings. The Labute approximate surface area is 138 Å². The zero-order valence-electron chi connectivity index (χ0n) is 12.8. The van der Waals surface area contributed by atoms with E-state index in [0.29, 0.717) is 18.1 Å². The summed E-state index contributed by atoms with van der Waals surface area (Å²) in [5, 5.41) is 15.2. The van der Waals surface area contributed by atoms with Gasteiger partial charge in [-0.3, -0.25) is 15.0 Å². The second kappa shape index (κ2) is 6.59. The number of nitro groups is 1. The SMILES string of the molecule is CC1CCN(Cn2nc(-c3cccc([N+](=O)[O-])c3)oc2=S)CC1. The zero-order chi connectivity index (χ0) is 16.4. The summed E-state index contributed by atoms with van der Waals surface area (Å²) in [6.07, 6.45) is 2.34. The van der Waals surface area contributed by atoms with E-state index in [0.717, 1.165) is 19.0 Å². The van der Waals surface area contributed by atoms with Crippen LogP contribution in [0.25, 0.3) is 11.5 Å². The van der Waals surface area contributed by atoms with E-state index in [4.69, 9.17) is 16.6 Å². The lowest BCUT2D eigenvalue weighted by atomic mass is 10.00. The summed E-state index contributed by atoms with van der Waals surface area (Å²) in [5.74, 6) is 1.07. The minimum absolute atomic E-state index is 0.00295. The number of non-ortho nitro benzene ring substituents is 1. The molecule has 1 aliphatic rings. The molecule has 7 nitrogen and oxygen atoms in total. The van der Waals surface area contributed by atoms with Gasteiger partial charge in [0.1, 0.15) is 0 Å². The van der Waals surface area contributed by atoms with Crippen molar-refractivity contribution in [1.29, 1.82) is 0 Å². The molecular weight excluding hydrogens is 316 g/mol. The lowest BCUT2D eigenvalue weighted by molar-refractivity contribution is -0.384. The van der Waals surface area contributed by atoms with Crippen LogP contribution in [0.4, 0.5) is 5.69 Å². The van der Waals surface area contributed by atoms with Gasteiger partial charge in [-0.15, -0.1) is 5.10 Å². The molecule has 1 aromatic carbocycles. The molecule has 0 aliphatic carbocycles. The third kappa shape index (κ3) is 3.65. The normalized spacial score (nSPS) is 16.6. The third-order valence-corrected chi connectivity index (χ3v) is 4.41.